The number of rotatable bonds is 3. The van der Waals surface area contributed by atoms with Gasteiger partial charge in [0.15, 0.2) is 0 Å². The first-order valence-corrected chi connectivity index (χ1v) is 7.17. The van der Waals surface area contributed by atoms with Gasteiger partial charge in [-0.15, -0.1) is 0 Å². The molecule has 3 aromatic rings. The van der Waals surface area contributed by atoms with Gasteiger partial charge in [0, 0.05) is 40.9 Å². The van der Waals surface area contributed by atoms with E-state index in [-0.39, 0.29) is 0 Å². The van der Waals surface area contributed by atoms with Crippen LogP contribution in [-0.2, 0) is 6.54 Å². The summed E-state index contributed by atoms with van der Waals surface area (Å²) < 4.78 is 2.32. The van der Waals surface area contributed by atoms with Gasteiger partial charge in [-0.25, -0.2) is 0 Å². The highest BCUT2D eigenvalue weighted by Crippen LogP contribution is 2.31. The molecule has 0 aliphatic carbocycles. The van der Waals surface area contributed by atoms with Crippen molar-refractivity contribution >= 4 is 28.2 Å². The topological polar surface area (TPSA) is 17.0 Å². The SMILES string of the molecule is CCn1c(-c2cccc(Cl)c2)cc2cc(NC)ccc21. The molecule has 0 amide bonds. The lowest BCUT2D eigenvalue weighted by Gasteiger charge is -2.08. The fraction of sp³-hybridized carbons (Fsp3) is 0.176. The smallest absolute Gasteiger partial charge is 0.0491 e. The molecule has 0 radical (unpaired) electrons. The van der Waals surface area contributed by atoms with Gasteiger partial charge in [0.2, 0.25) is 0 Å². The maximum Gasteiger partial charge on any atom is 0.0491 e. The van der Waals surface area contributed by atoms with E-state index in [0.29, 0.717) is 0 Å². The Bertz CT molecular complexity index is 759. The first kappa shape index (κ1) is 13.1. The van der Waals surface area contributed by atoms with Gasteiger partial charge in [-0.3, -0.25) is 0 Å². The number of fused-ring (bicyclic) bond motifs is 1. The van der Waals surface area contributed by atoms with Crippen LogP contribution in [0, 0.1) is 0 Å². The molecule has 1 heterocycles. The Morgan fingerprint density at radius 1 is 1.10 bits per heavy atom. The molecule has 0 bridgehead atoms. The molecule has 0 unspecified atom stereocenters. The van der Waals surface area contributed by atoms with Crippen molar-refractivity contribution in [2.45, 2.75) is 13.5 Å². The number of benzene rings is 2. The maximum absolute atomic E-state index is 6.12. The van der Waals surface area contributed by atoms with E-state index in [0.717, 1.165) is 22.8 Å². The molecule has 2 aromatic carbocycles. The minimum absolute atomic E-state index is 0.770. The number of halogens is 1. The Hall–Kier alpha value is -1.93. The van der Waals surface area contributed by atoms with E-state index in [4.69, 9.17) is 11.6 Å². The minimum Gasteiger partial charge on any atom is -0.388 e. The van der Waals surface area contributed by atoms with Crippen molar-refractivity contribution in [3.8, 4) is 11.3 Å². The average Bonchev–Trinajstić information content (AvgIpc) is 2.84. The summed E-state index contributed by atoms with van der Waals surface area (Å²) in [6, 6.07) is 16.7. The van der Waals surface area contributed by atoms with Crippen molar-refractivity contribution in [3.05, 3.63) is 53.6 Å². The van der Waals surface area contributed by atoms with Crippen molar-refractivity contribution in [2.24, 2.45) is 0 Å². The summed E-state index contributed by atoms with van der Waals surface area (Å²) in [4.78, 5) is 0. The van der Waals surface area contributed by atoms with Crippen LogP contribution in [0.25, 0.3) is 22.2 Å². The second-order valence-electron chi connectivity index (χ2n) is 4.81. The van der Waals surface area contributed by atoms with Gasteiger partial charge < -0.3 is 9.88 Å². The Kier molecular flexibility index (Phi) is 3.41. The van der Waals surface area contributed by atoms with Crippen molar-refractivity contribution in [1.82, 2.24) is 4.57 Å². The van der Waals surface area contributed by atoms with Crippen molar-refractivity contribution in [1.29, 1.82) is 0 Å². The summed E-state index contributed by atoms with van der Waals surface area (Å²) in [7, 11) is 1.94. The van der Waals surface area contributed by atoms with Crippen LogP contribution < -0.4 is 5.32 Å². The lowest BCUT2D eigenvalue weighted by Crippen LogP contribution is -1.96. The van der Waals surface area contributed by atoms with Gasteiger partial charge in [-0.2, -0.15) is 0 Å². The summed E-state index contributed by atoms with van der Waals surface area (Å²) in [6.07, 6.45) is 0. The van der Waals surface area contributed by atoms with Crippen molar-refractivity contribution in [2.75, 3.05) is 12.4 Å². The normalized spacial score (nSPS) is 10.9. The second kappa shape index (κ2) is 5.22. The van der Waals surface area contributed by atoms with E-state index in [1.807, 2.05) is 25.2 Å². The summed E-state index contributed by atoms with van der Waals surface area (Å²) in [6.45, 7) is 3.10. The summed E-state index contributed by atoms with van der Waals surface area (Å²) >= 11 is 6.12. The number of aromatic nitrogens is 1. The lowest BCUT2D eigenvalue weighted by atomic mass is 10.1. The van der Waals surface area contributed by atoms with Gasteiger partial charge in [-0.05, 0) is 48.9 Å². The highest BCUT2D eigenvalue weighted by molar-refractivity contribution is 6.30. The molecule has 2 nitrogen and oxygen atoms in total. The molecule has 0 aliphatic heterocycles. The van der Waals surface area contributed by atoms with E-state index in [2.05, 4.69) is 47.1 Å². The molecule has 0 aliphatic rings. The third kappa shape index (κ3) is 2.16. The lowest BCUT2D eigenvalue weighted by molar-refractivity contribution is 0.805. The quantitative estimate of drug-likeness (QED) is 0.714. The van der Waals surface area contributed by atoms with Crippen LogP contribution in [0.5, 0.6) is 0 Å². The highest BCUT2D eigenvalue weighted by atomic mass is 35.5. The number of hydrogen-bond donors (Lipinski definition) is 1. The fourth-order valence-corrected chi connectivity index (χ4v) is 2.84. The zero-order valence-corrected chi connectivity index (χ0v) is 12.4. The predicted octanol–water partition coefficient (Wildman–Crippen LogP) is 5.02. The van der Waals surface area contributed by atoms with Crippen LogP contribution in [0.4, 0.5) is 5.69 Å². The maximum atomic E-state index is 6.12. The standard InChI is InChI=1S/C17H17ClN2/c1-3-20-16-8-7-15(19-2)10-13(16)11-17(20)12-5-4-6-14(18)9-12/h4-11,19H,3H2,1-2H3. The molecular weight excluding hydrogens is 268 g/mol. The van der Waals surface area contributed by atoms with Crippen molar-refractivity contribution < 1.29 is 0 Å². The highest BCUT2D eigenvalue weighted by Gasteiger charge is 2.10. The molecule has 1 aromatic heterocycles. The molecular formula is C17H17ClN2. The minimum atomic E-state index is 0.770. The van der Waals surface area contributed by atoms with Gasteiger partial charge in [0.05, 0.1) is 0 Å². The molecule has 0 fully saturated rings. The van der Waals surface area contributed by atoms with Crippen LogP contribution in [0.1, 0.15) is 6.92 Å². The number of hydrogen-bond acceptors (Lipinski definition) is 1. The second-order valence-corrected chi connectivity index (χ2v) is 5.24. The Morgan fingerprint density at radius 2 is 1.95 bits per heavy atom. The molecule has 1 N–H and O–H groups in total. The summed E-state index contributed by atoms with van der Waals surface area (Å²) in [5.41, 5.74) is 4.74. The van der Waals surface area contributed by atoms with E-state index >= 15 is 0 Å². The van der Waals surface area contributed by atoms with Crippen molar-refractivity contribution in [3.63, 3.8) is 0 Å². The van der Waals surface area contributed by atoms with Gasteiger partial charge >= 0.3 is 0 Å². The molecule has 102 valence electrons. The van der Waals surface area contributed by atoms with Gasteiger partial charge in [-0.1, -0.05) is 23.7 Å². The zero-order chi connectivity index (χ0) is 14.1. The molecule has 0 saturated carbocycles. The van der Waals surface area contributed by atoms with Gasteiger partial charge in [0.25, 0.3) is 0 Å². The van der Waals surface area contributed by atoms with Crippen LogP contribution in [0.15, 0.2) is 48.5 Å². The first-order chi connectivity index (χ1) is 9.72. The molecule has 0 saturated heterocycles. The number of aryl methyl sites for hydroxylation is 1. The average molecular weight is 285 g/mol. The Labute approximate surface area is 124 Å². The van der Waals surface area contributed by atoms with E-state index in [1.54, 1.807) is 0 Å². The Morgan fingerprint density at radius 3 is 2.65 bits per heavy atom. The molecule has 20 heavy (non-hydrogen) atoms. The molecule has 0 atom stereocenters. The molecule has 3 heteroatoms. The van der Waals surface area contributed by atoms with E-state index < -0.39 is 0 Å². The predicted molar refractivity (Wildman–Crippen MR) is 87.6 cm³/mol. The Balaban J connectivity index is 2.24. The number of anilines is 1. The molecule has 3 rings (SSSR count). The van der Waals surface area contributed by atoms with E-state index in [9.17, 15) is 0 Å². The van der Waals surface area contributed by atoms with Crippen LogP contribution >= 0.6 is 11.6 Å². The summed E-state index contributed by atoms with van der Waals surface area (Å²) in [5, 5.41) is 5.20. The fourth-order valence-electron chi connectivity index (χ4n) is 2.65. The molecule has 0 spiro atoms. The third-order valence-electron chi connectivity index (χ3n) is 3.63. The monoisotopic (exact) mass is 284 g/mol. The van der Waals surface area contributed by atoms with Crippen LogP contribution in [0.3, 0.4) is 0 Å². The number of nitrogens with one attached hydrogen (secondary N) is 1. The summed E-state index contributed by atoms with van der Waals surface area (Å²) in [5.74, 6) is 0. The largest absolute Gasteiger partial charge is 0.388 e. The zero-order valence-electron chi connectivity index (χ0n) is 11.7. The van der Waals surface area contributed by atoms with Gasteiger partial charge in [0.1, 0.15) is 0 Å². The van der Waals surface area contributed by atoms with Crippen LogP contribution in [0.2, 0.25) is 5.02 Å². The van der Waals surface area contributed by atoms with Crippen LogP contribution in [-0.4, -0.2) is 11.6 Å². The first-order valence-electron chi connectivity index (χ1n) is 6.80. The third-order valence-corrected chi connectivity index (χ3v) is 3.86. The number of nitrogens with zero attached hydrogens (tertiary/aromatic N) is 1. The van der Waals surface area contributed by atoms with E-state index in [1.165, 1.54) is 16.6 Å².